The summed E-state index contributed by atoms with van der Waals surface area (Å²) in [5.41, 5.74) is 1.41. The maximum atomic E-state index is 12.8. The van der Waals surface area contributed by atoms with Gasteiger partial charge in [-0.1, -0.05) is 0 Å². The van der Waals surface area contributed by atoms with Crippen molar-refractivity contribution in [3.63, 3.8) is 0 Å². The number of ether oxygens (including phenoxy) is 5. The van der Waals surface area contributed by atoms with E-state index >= 15 is 0 Å². The average Bonchev–Trinajstić information content (AvgIpc) is 3.17. The topological polar surface area (TPSA) is 92.3 Å². The van der Waals surface area contributed by atoms with Gasteiger partial charge in [0.25, 0.3) is 5.91 Å². The van der Waals surface area contributed by atoms with Gasteiger partial charge in [0.1, 0.15) is 18.3 Å². The van der Waals surface area contributed by atoms with E-state index in [9.17, 15) is 9.59 Å². The Morgan fingerprint density at radius 2 is 1.89 bits per heavy atom. The quantitative estimate of drug-likeness (QED) is 0.743. The molecule has 1 aliphatic carbocycles. The van der Waals surface area contributed by atoms with Crippen molar-refractivity contribution in [3.05, 3.63) is 23.3 Å². The molecule has 27 heavy (non-hydrogen) atoms. The summed E-state index contributed by atoms with van der Waals surface area (Å²) < 4.78 is 28.6. The number of hydrogen-bond acceptors (Lipinski definition) is 7. The van der Waals surface area contributed by atoms with Crippen molar-refractivity contribution in [1.29, 1.82) is 0 Å². The molecule has 8 heteroatoms. The molecule has 0 bridgehead atoms. The van der Waals surface area contributed by atoms with Gasteiger partial charge >= 0.3 is 5.97 Å². The molecule has 1 saturated carbocycles. The largest absolute Gasteiger partial charge is 0.460 e. The molecule has 3 aliphatic heterocycles. The standard InChI is InChI=1S/C19H21NO7/c1-8(21)25-14-5-10-9-4-12-13(24-7-23-12)6-11(9)18(22)20-15(10)17-16(14)26-19(2,3)27-17/h4,6,10,14-17H,5,7H2,1-3H3,(H,20,22)/t10-,14+,15-,16-,17+/m1/s1. The van der Waals surface area contributed by atoms with E-state index in [0.29, 0.717) is 23.5 Å². The van der Waals surface area contributed by atoms with Crippen molar-refractivity contribution < 1.29 is 33.3 Å². The smallest absolute Gasteiger partial charge is 0.302 e. The number of amides is 1. The van der Waals surface area contributed by atoms with Gasteiger partial charge in [-0.25, -0.2) is 0 Å². The fourth-order valence-corrected chi connectivity index (χ4v) is 4.66. The first kappa shape index (κ1) is 16.8. The number of carbonyl (C=O) groups excluding carboxylic acids is 2. The van der Waals surface area contributed by atoms with E-state index in [1.54, 1.807) is 6.07 Å². The summed E-state index contributed by atoms with van der Waals surface area (Å²) in [6.45, 7) is 5.17. The molecule has 1 aromatic rings. The number of hydrogen-bond donors (Lipinski definition) is 1. The highest BCUT2D eigenvalue weighted by Crippen LogP contribution is 2.48. The molecule has 8 nitrogen and oxygen atoms in total. The van der Waals surface area contributed by atoms with Gasteiger partial charge in [-0.15, -0.1) is 0 Å². The predicted molar refractivity (Wildman–Crippen MR) is 90.6 cm³/mol. The van der Waals surface area contributed by atoms with Crippen molar-refractivity contribution in [1.82, 2.24) is 5.32 Å². The molecule has 0 unspecified atom stereocenters. The van der Waals surface area contributed by atoms with Crippen molar-refractivity contribution in [2.24, 2.45) is 0 Å². The Morgan fingerprint density at radius 3 is 2.63 bits per heavy atom. The molecule has 0 aromatic heterocycles. The van der Waals surface area contributed by atoms with Crippen LogP contribution in [0.4, 0.5) is 0 Å². The molecule has 1 N–H and O–H groups in total. The van der Waals surface area contributed by atoms with Gasteiger partial charge in [-0.2, -0.15) is 0 Å². The van der Waals surface area contributed by atoms with Crippen LogP contribution in [0.15, 0.2) is 12.1 Å². The van der Waals surface area contributed by atoms with Gasteiger partial charge in [0.15, 0.2) is 17.3 Å². The molecule has 1 saturated heterocycles. The summed E-state index contributed by atoms with van der Waals surface area (Å²) >= 11 is 0. The molecule has 4 aliphatic rings. The molecule has 2 fully saturated rings. The minimum atomic E-state index is -0.817. The number of benzene rings is 1. The maximum Gasteiger partial charge on any atom is 0.302 e. The second-order valence-corrected chi connectivity index (χ2v) is 7.85. The van der Waals surface area contributed by atoms with E-state index in [0.717, 1.165) is 5.56 Å². The van der Waals surface area contributed by atoms with Crippen molar-refractivity contribution in [2.75, 3.05) is 6.79 Å². The van der Waals surface area contributed by atoms with E-state index in [1.807, 2.05) is 19.9 Å². The Kier molecular flexibility index (Phi) is 3.48. The summed E-state index contributed by atoms with van der Waals surface area (Å²) in [7, 11) is 0. The van der Waals surface area contributed by atoms with Gasteiger partial charge in [-0.3, -0.25) is 9.59 Å². The Labute approximate surface area is 156 Å². The summed E-state index contributed by atoms with van der Waals surface area (Å²) in [4.78, 5) is 24.4. The van der Waals surface area contributed by atoms with Crippen LogP contribution in [0, 0.1) is 0 Å². The van der Waals surface area contributed by atoms with Crippen LogP contribution in [0.2, 0.25) is 0 Å². The number of nitrogens with one attached hydrogen (secondary N) is 1. The zero-order valence-electron chi connectivity index (χ0n) is 15.3. The van der Waals surface area contributed by atoms with Crippen molar-refractivity contribution in [2.45, 2.75) is 63.3 Å². The Hall–Kier alpha value is -2.32. The minimum Gasteiger partial charge on any atom is -0.460 e. The summed E-state index contributed by atoms with van der Waals surface area (Å²) in [6.07, 6.45) is -0.770. The molecule has 5 rings (SSSR count). The van der Waals surface area contributed by atoms with Crippen molar-refractivity contribution >= 4 is 11.9 Å². The second-order valence-electron chi connectivity index (χ2n) is 7.85. The Morgan fingerprint density at radius 1 is 1.19 bits per heavy atom. The monoisotopic (exact) mass is 375 g/mol. The highest BCUT2D eigenvalue weighted by atomic mass is 16.8. The molecule has 0 spiro atoms. The lowest BCUT2D eigenvalue weighted by atomic mass is 9.72. The first-order chi connectivity index (χ1) is 12.8. The van der Waals surface area contributed by atoms with Crippen LogP contribution in [0.3, 0.4) is 0 Å². The van der Waals surface area contributed by atoms with Crippen LogP contribution in [0.1, 0.15) is 49.0 Å². The molecule has 144 valence electrons. The maximum absolute atomic E-state index is 12.8. The van der Waals surface area contributed by atoms with E-state index in [4.69, 9.17) is 23.7 Å². The molecular formula is C19H21NO7. The van der Waals surface area contributed by atoms with Crippen LogP contribution < -0.4 is 14.8 Å². The van der Waals surface area contributed by atoms with Crippen LogP contribution in [-0.4, -0.2) is 48.8 Å². The van der Waals surface area contributed by atoms with Crippen molar-refractivity contribution in [3.8, 4) is 11.5 Å². The third-order valence-corrected chi connectivity index (χ3v) is 5.61. The van der Waals surface area contributed by atoms with Gasteiger partial charge < -0.3 is 29.0 Å². The lowest BCUT2D eigenvalue weighted by Gasteiger charge is -2.45. The molecule has 1 aromatic carbocycles. The predicted octanol–water partition coefficient (Wildman–Crippen LogP) is 1.47. The Balaban J connectivity index is 1.57. The van der Waals surface area contributed by atoms with Crippen LogP contribution in [0.5, 0.6) is 11.5 Å². The third-order valence-electron chi connectivity index (χ3n) is 5.61. The van der Waals surface area contributed by atoms with E-state index in [2.05, 4.69) is 5.32 Å². The number of fused-ring (bicyclic) bond motifs is 6. The third kappa shape index (κ3) is 2.58. The van der Waals surface area contributed by atoms with E-state index in [-0.39, 0.29) is 30.6 Å². The van der Waals surface area contributed by atoms with Gasteiger partial charge in [0.2, 0.25) is 6.79 Å². The van der Waals surface area contributed by atoms with E-state index < -0.39 is 24.1 Å². The zero-order valence-corrected chi connectivity index (χ0v) is 15.3. The molecule has 5 atom stereocenters. The number of carbonyl (C=O) groups is 2. The highest BCUT2D eigenvalue weighted by molar-refractivity contribution is 5.98. The average molecular weight is 375 g/mol. The summed E-state index contributed by atoms with van der Waals surface area (Å²) in [5.74, 6) is -0.261. The normalized spacial score (nSPS) is 34.9. The van der Waals surface area contributed by atoms with Gasteiger partial charge in [-0.05, 0) is 38.0 Å². The van der Waals surface area contributed by atoms with Crippen LogP contribution >= 0.6 is 0 Å². The number of esters is 1. The molecule has 3 heterocycles. The lowest BCUT2D eigenvalue weighted by Crippen LogP contribution is -2.60. The fourth-order valence-electron chi connectivity index (χ4n) is 4.66. The first-order valence-electron chi connectivity index (χ1n) is 9.10. The molecular weight excluding hydrogens is 354 g/mol. The fraction of sp³-hybridized carbons (Fsp3) is 0.579. The van der Waals surface area contributed by atoms with Gasteiger partial charge in [0.05, 0.1) is 6.04 Å². The lowest BCUT2D eigenvalue weighted by molar-refractivity contribution is -0.169. The Bertz CT molecular complexity index is 836. The van der Waals surface area contributed by atoms with E-state index in [1.165, 1.54) is 6.92 Å². The number of rotatable bonds is 1. The summed E-state index contributed by atoms with van der Waals surface area (Å²) in [6, 6.07) is 3.30. The second kappa shape index (κ2) is 5.59. The first-order valence-corrected chi connectivity index (χ1v) is 9.10. The molecule has 0 radical (unpaired) electrons. The van der Waals surface area contributed by atoms with Gasteiger partial charge in [0, 0.05) is 18.4 Å². The van der Waals surface area contributed by atoms with Crippen LogP contribution in [0.25, 0.3) is 0 Å². The minimum absolute atomic E-state index is 0.0877. The summed E-state index contributed by atoms with van der Waals surface area (Å²) in [5, 5.41) is 3.07. The SMILES string of the molecule is CC(=O)O[C@H]1C[C@@H]2c3cc4c(cc3C(=O)N[C@H]2[C@@H]2OC(C)(C)O[C@@H]21)OCO4. The van der Waals surface area contributed by atoms with Crippen LogP contribution in [-0.2, 0) is 19.0 Å². The zero-order chi connectivity index (χ0) is 18.9. The highest BCUT2D eigenvalue weighted by Gasteiger charge is 2.57. The molecule has 1 amide bonds.